The molecule has 2 aliphatic rings. The second-order valence-corrected chi connectivity index (χ2v) is 9.28. The van der Waals surface area contributed by atoms with Gasteiger partial charge in [0.05, 0.1) is 0 Å². The molecule has 0 saturated heterocycles. The van der Waals surface area contributed by atoms with Crippen LogP contribution in [0.4, 0.5) is 17.1 Å². The lowest BCUT2D eigenvalue weighted by Crippen LogP contribution is -2.13. The number of hydrogen-bond acceptors (Lipinski definition) is 3. The molecule has 6 rings (SSSR count). The van der Waals surface area contributed by atoms with Gasteiger partial charge in [0.15, 0.2) is 0 Å². The molecule has 2 heterocycles. The highest BCUT2D eigenvalue weighted by molar-refractivity contribution is 6.06. The molecule has 1 unspecified atom stereocenters. The quantitative estimate of drug-likeness (QED) is 0.384. The number of carbonyl (C=O) groups excluding carboxylic acids is 2. The summed E-state index contributed by atoms with van der Waals surface area (Å²) in [6.45, 7) is 0.797. The van der Waals surface area contributed by atoms with Gasteiger partial charge in [0.2, 0.25) is 5.91 Å². The average molecular weight is 451 g/mol. The van der Waals surface area contributed by atoms with Crippen molar-refractivity contribution >= 4 is 39.8 Å². The fourth-order valence-electron chi connectivity index (χ4n) is 4.73. The van der Waals surface area contributed by atoms with Crippen LogP contribution in [0.15, 0.2) is 72.9 Å². The Hall–Kier alpha value is -4.06. The van der Waals surface area contributed by atoms with E-state index in [1.54, 1.807) is 0 Å². The first-order chi connectivity index (χ1) is 16.5. The van der Waals surface area contributed by atoms with Crippen LogP contribution in [-0.2, 0) is 11.8 Å². The van der Waals surface area contributed by atoms with Crippen molar-refractivity contribution in [3.05, 3.63) is 89.6 Å². The van der Waals surface area contributed by atoms with Crippen molar-refractivity contribution in [2.75, 3.05) is 22.5 Å². The first-order valence-corrected chi connectivity index (χ1v) is 11.7. The van der Waals surface area contributed by atoms with Crippen LogP contribution in [0.5, 0.6) is 0 Å². The number of aromatic nitrogens is 1. The third kappa shape index (κ3) is 3.81. The van der Waals surface area contributed by atoms with E-state index in [1.807, 2.05) is 66.3 Å². The topological polar surface area (TPSA) is 75.2 Å². The van der Waals surface area contributed by atoms with Crippen LogP contribution in [0, 0.1) is 5.92 Å². The number of fused-ring (bicyclic) bond motifs is 2. The number of nitrogens with zero attached hydrogens (tertiary/aromatic N) is 1. The minimum absolute atomic E-state index is 0.121. The third-order valence-electron chi connectivity index (χ3n) is 6.86. The van der Waals surface area contributed by atoms with Crippen molar-refractivity contribution in [3.63, 3.8) is 0 Å². The lowest BCUT2D eigenvalue weighted by atomic mass is 9.93. The van der Waals surface area contributed by atoms with E-state index in [1.165, 1.54) is 11.1 Å². The van der Waals surface area contributed by atoms with Crippen molar-refractivity contribution in [2.45, 2.75) is 18.8 Å². The SMILES string of the molecule is Cn1ccc2cc(C(=O)Nc3ccc4c(c3)NCC4c3ccc(NC(=O)C4CC4)cc3)ccc21. The average Bonchev–Trinajstić information content (AvgIpc) is 3.53. The number of anilines is 3. The molecular weight excluding hydrogens is 424 g/mol. The predicted molar refractivity (Wildman–Crippen MR) is 135 cm³/mol. The summed E-state index contributed by atoms with van der Waals surface area (Å²) in [4.78, 5) is 24.8. The van der Waals surface area contributed by atoms with Crippen LogP contribution < -0.4 is 16.0 Å². The van der Waals surface area contributed by atoms with Crippen LogP contribution >= 0.6 is 0 Å². The molecule has 170 valence electrons. The molecule has 1 aromatic heterocycles. The van der Waals surface area contributed by atoms with Gasteiger partial charge in [-0.2, -0.15) is 0 Å². The van der Waals surface area contributed by atoms with E-state index >= 15 is 0 Å². The largest absolute Gasteiger partial charge is 0.384 e. The number of hydrogen-bond donors (Lipinski definition) is 3. The van der Waals surface area contributed by atoms with E-state index in [9.17, 15) is 9.59 Å². The predicted octanol–water partition coefficient (Wildman–Crippen LogP) is 5.34. The number of nitrogens with one attached hydrogen (secondary N) is 3. The molecule has 6 heteroatoms. The van der Waals surface area contributed by atoms with Gasteiger partial charge in [-0.3, -0.25) is 9.59 Å². The summed E-state index contributed by atoms with van der Waals surface area (Å²) < 4.78 is 2.04. The summed E-state index contributed by atoms with van der Waals surface area (Å²) in [6, 6.07) is 21.9. The summed E-state index contributed by atoms with van der Waals surface area (Å²) in [5.74, 6) is 0.429. The maximum atomic E-state index is 12.8. The van der Waals surface area contributed by atoms with Crippen molar-refractivity contribution < 1.29 is 9.59 Å². The molecule has 0 bridgehead atoms. The van der Waals surface area contributed by atoms with Gasteiger partial charge in [0.25, 0.3) is 5.91 Å². The molecule has 3 aromatic carbocycles. The third-order valence-corrected chi connectivity index (χ3v) is 6.86. The van der Waals surface area contributed by atoms with Crippen LogP contribution in [0.1, 0.15) is 40.2 Å². The van der Waals surface area contributed by atoms with Crippen molar-refractivity contribution in [3.8, 4) is 0 Å². The zero-order valence-corrected chi connectivity index (χ0v) is 19.0. The smallest absolute Gasteiger partial charge is 0.255 e. The van der Waals surface area contributed by atoms with Crippen molar-refractivity contribution in [1.29, 1.82) is 0 Å². The summed E-state index contributed by atoms with van der Waals surface area (Å²) in [5.41, 5.74) is 6.79. The number of aryl methyl sites for hydroxylation is 1. The fourth-order valence-corrected chi connectivity index (χ4v) is 4.73. The van der Waals surface area contributed by atoms with Gasteiger partial charge < -0.3 is 20.5 Å². The number of carbonyl (C=O) groups is 2. The van der Waals surface area contributed by atoms with Gasteiger partial charge in [-0.1, -0.05) is 18.2 Å². The zero-order chi connectivity index (χ0) is 23.2. The summed E-state index contributed by atoms with van der Waals surface area (Å²) in [7, 11) is 1.99. The summed E-state index contributed by atoms with van der Waals surface area (Å²) >= 11 is 0. The van der Waals surface area contributed by atoms with E-state index in [0.29, 0.717) is 5.56 Å². The Balaban J connectivity index is 1.16. The summed E-state index contributed by atoms with van der Waals surface area (Å²) in [5, 5.41) is 10.5. The van der Waals surface area contributed by atoms with E-state index < -0.39 is 0 Å². The highest BCUT2D eigenvalue weighted by Gasteiger charge is 2.29. The maximum Gasteiger partial charge on any atom is 0.255 e. The summed E-state index contributed by atoms with van der Waals surface area (Å²) in [6.07, 6.45) is 3.99. The normalized spacial score (nSPS) is 16.7. The zero-order valence-electron chi connectivity index (χ0n) is 19.0. The van der Waals surface area contributed by atoms with E-state index in [4.69, 9.17) is 0 Å². The molecule has 6 nitrogen and oxygen atoms in total. The molecule has 0 spiro atoms. The Bertz CT molecular complexity index is 1420. The van der Waals surface area contributed by atoms with Gasteiger partial charge in [-0.05, 0) is 72.5 Å². The van der Waals surface area contributed by atoms with Crippen molar-refractivity contribution in [2.24, 2.45) is 13.0 Å². The molecule has 0 radical (unpaired) electrons. The molecule has 1 atom stereocenters. The Morgan fingerprint density at radius 3 is 2.50 bits per heavy atom. The monoisotopic (exact) mass is 450 g/mol. The van der Waals surface area contributed by atoms with Crippen LogP contribution in [0.3, 0.4) is 0 Å². The molecule has 3 N–H and O–H groups in total. The number of benzene rings is 3. The van der Waals surface area contributed by atoms with Crippen LogP contribution in [-0.4, -0.2) is 22.9 Å². The van der Waals surface area contributed by atoms with Gasteiger partial charge in [-0.15, -0.1) is 0 Å². The van der Waals surface area contributed by atoms with Gasteiger partial charge in [-0.25, -0.2) is 0 Å². The molecular formula is C28H26N4O2. The van der Waals surface area contributed by atoms with Gasteiger partial charge in [0.1, 0.15) is 0 Å². The number of rotatable bonds is 5. The van der Waals surface area contributed by atoms with Gasteiger partial charge >= 0.3 is 0 Å². The van der Waals surface area contributed by atoms with Crippen LogP contribution in [0.2, 0.25) is 0 Å². The van der Waals surface area contributed by atoms with Gasteiger partial charge in [0, 0.05) is 65.2 Å². The van der Waals surface area contributed by atoms with Crippen molar-refractivity contribution in [1.82, 2.24) is 4.57 Å². The molecule has 4 aromatic rings. The first kappa shape index (κ1) is 20.5. The van der Waals surface area contributed by atoms with E-state index in [2.05, 4.69) is 34.1 Å². The Morgan fingerprint density at radius 2 is 1.71 bits per heavy atom. The maximum absolute atomic E-state index is 12.8. The van der Waals surface area contributed by atoms with Crippen LogP contribution in [0.25, 0.3) is 10.9 Å². The minimum atomic E-state index is -0.121. The Labute approximate surface area is 198 Å². The Kier molecular flexibility index (Phi) is 4.87. The molecule has 1 aliphatic carbocycles. The second kappa shape index (κ2) is 8.06. The van der Waals surface area contributed by atoms with E-state index in [-0.39, 0.29) is 23.7 Å². The second-order valence-electron chi connectivity index (χ2n) is 9.28. The minimum Gasteiger partial charge on any atom is -0.384 e. The molecule has 2 amide bonds. The fraction of sp³-hybridized carbons (Fsp3) is 0.214. The number of amides is 2. The molecule has 1 saturated carbocycles. The highest BCUT2D eigenvalue weighted by atomic mass is 16.2. The standard InChI is InChI=1S/C28H26N4O2/c1-32-13-12-19-14-20(6-11-26(19)32)28(34)31-22-9-10-23-24(16-29-25(23)15-22)17-4-7-21(8-5-17)30-27(33)18-2-3-18/h4-15,18,24,29H,2-3,16H2,1H3,(H,30,33)(H,31,34). The Morgan fingerprint density at radius 1 is 0.912 bits per heavy atom. The molecule has 34 heavy (non-hydrogen) atoms. The first-order valence-electron chi connectivity index (χ1n) is 11.7. The molecule has 1 fully saturated rings. The highest BCUT2D eigenvalue weighted by Crippen LogP contribution is 2.38. The lowest BCUT2D eigenvalue weighted by molar-refractivity contribution is -0.117. The molecule has 1 aliphatic heterocycles. The van der Waals surface area contributed by atoms with E-state index in [0.717, 1.165) is 47.4 Å². The lowest BCUT2D eigenvalue weighted by Gasteiger charge is -2.13.